The second-order valence-corrected chi connectivity index (χ2v) is 7.54. The van der Waals surface area contributed by atoms with Gasteiger partial charge in [-0.25, -0.2) is 4.79 Å². The van der Waals surface area contributed by atoms with E-state index in [9.17, 15) is 9.59 Å². The number of carbonyl (C=O) groups is 2. The number of nitrogens with zero attached hydrogens (tertiary/aromatic N) is 1. The lowest BCUT2D eigenvalue weighted by molar-refractivity contribution is -0.124. The third-order valence-electron chi connectivity index (χ3n) is 5.07. The van der Waals surface area contributed by atoms with Crippen LogP contribution >= 0.6 is 0 Å². The van der Waals surface area contributed by atoms with Crippen LogP contribution in [0.1, 0.15) is 47.5 Å². The summed E-state index contributed by atoms with van der Waals surface area (Å²) in [4.78, 5) is 26.0. The van der Waals surface area contributed by atoms with E-state index in [-0.39, 0.29) is 29.4 Å². The largest absolute Gasteiger partial charge is 0.450 e. The fourth-order valence-electron chi connectivity index (χ4n) is 3.56. The highest BCUT2D eigenvalue weighted by Gasteiger charge is 2.60. The molecule has 1 aliphatic heterocycles. The van der Waals surface area contributed by atoms with Gasteiger partial charge in [-0.3, -0.25) is 4.79 Å². The molecule has 2 amide bonds. The number of ether oxygens (including phenoxy) is 1. The summed E-state index contributed by atoms with van der Waals surface area (Å²) in [5.41, 5.74) is 1.31. The van der Waals surface area contributed by atoms with Gasteiger partial charge in [-0.15, -0.1) is 0 Å². The first-order valence-electron chi connectivity index (χ1n) is 8.64. The van der Waals surface area contributed by atoms with E-state index < -0.39 is 0 Å². The molecule has 2 atom stereocenters. The quantitative estimate of drug-likeness (QED) is 0.810. The molecule has 0 unspecified atom stereocenters. The van der Waals surface area contributed by atoms with Crippen molar-refractivity contribution in [1.82, 2.24) is 10.2 Å². The number of hydrogen-bond donors (Lipinski definition) is 1. The molecule has 0 bridgehead atoms. The third-order valence-corrected chi connectivity index (χ3v) is 5.07. The molecule has 1 heterocycles. The van der Waals surface area contributed by atoms with Gasteiger partial charge in [-0.05, 0) is 44.9 Å². The van der Waals surface area contributed by atoms with Gasteiger partial charge in [0.25, 0.3) is 0 Å². The smallest absolute Gasteiger partial charge is 0.409 e. The van der Waals surface area contributed by atoms with E-state index in [2.05, 4.69) is 39.1 Å². The second-order valence-electron chi connectivity index (χ2n) is 7.54. The van der Waals surface area contributed by atoms with E-state index in [1.165, 1.54) is 5.57 Å². The number of hydrogen-bond acceptors (Lipinski definition) is 3. The van der Waals surface area contributed by atoms with Crippen LogP contribution in [0.3, 0.4) is 0 Å². The number of carbonyl (C=O) groups excluding carboxylic acids is 2. The molecular formula is C18H30N2O3. The molecular weight excluding hydrogens is 292 g/mol. The predicted molar refractivity (Wildman–Crippen MR) is 90.0 cm³/mol. The zero-order chi connectivity index (χ0) is 17.2. The van der Waals surface area contributed by atoms with Gasteiger partial charge in [0.05, 0.1) is 12.5 Å². The molecule has 1 aliphatic carbocycles. The van der Waals surface area contributed by atoms with Crippen molar-refractivity contribution in [3.63, 3.8) is 0 Å². The summed E-state index contributed by atoms with van der Waals surface area (Å²) in [5, 5.41) is 3.18. The number of likely N-dealkylation sites (tertiary alicyclic amines) is 1. The summed E-state index contributed by atoms with van der Waals surface area (Å²) >= 11 is 0. The van der Waals surface area contributed by atoms with Crippen molar-refractivity contribution in [2.24, 2.45) is 17.3 Å². The number of allylic oxidation sites excluding steroid dienone is 2. The monoisotopic (exact) mass is 322 g/mol. The van der Waals surface area contributed by atoms with Gasteiger partial charge in [0.2, 0.25) is 5.91 Å². The molecule has 130 valence electrons. The summed E-state index contributed by atoms with van der Waals surface area (Å²) in [7, 11) is 0. The minimum absolute atomic E-state index is 0.0486. The second kappa shape index (κ2) is 6.93. The Morgan fingerprint density at radius 3 is 2.39 bits per heavy atom. The average Bonchev–Trinajstić information content (AvgIpc) is 3.00. The van der Waals surface area contributed by atoms with Crippen LogP contribution in [0.2, 0.25) is 0 Å². The Balaban J connectivity index is 1.82. The molecule has 1 N–H and O–H groups in total. The van der Waals surface area contributed by atoms with Crippen LogP contribution in [-0.2, 0) is 9.53 Å². The van der Waals surface area contributed by atoms with Crippen molar-refractivity contribution in [2.75, 3.05) is 19.7 Å². The highest BCUT2D eigenvalue weighted by molar-refractivity contribution is 5.84. The standard InChI is InChI=1S/C18H30N2O3/c1-6-23-17(22)20-9-7-13(8-10-20)19-16(21)15-14(11-12(2)3)18(15,4)5/h11,13-15H,6-10H2,1-5H3,(H,19,21)/t14-,15+/m1/s1. The molecule has 5 heteroatoms. The third kappa shape index (κ3) is 4.06. The molecule has 2 rings (SSSR count). The molecule has 0 aromatic rings. The lowest BCUT2D eigenvalue weighted by Crippen LogP contribution is -2.47. The van der Waals surface area contributed by atoms with E-state index in [1.807, 2.05) is 6.92 Å². The van der Waals surface area contributed by atoms with Crippen molar-refractivity contribution in [1.29, 1.82) is 0 Å². The van der Waals surface area contributed by atoms with Crippen molar-refractivity contribution in [3.8, 4) is 0 Å². The lowest BCUT2D eigenvalue weighted by Gasteiger charge is -2.31. The normalized spacial score (nSPS) is 26.4. The Kier molecular flexibility index (Phi) is 5.37. The molecule has 1 saturated heterocycles. The summed E-state index contributed by atoms with van der Waals surface area (Å²) in [6.45, 7) is 12.0. The number of nitrogens with one attached hydrogen (secondary N) is 1. The summed E-state index contributed by atoms with van der Waals surface area (Å²) in [5.74, 6) is 0.569. The molecule has 0 radical (unpaired) electrons. The van der Waals surface area contributed by atoms with Gasteiger partial charge in [0.1, 0.15) is 0 Å². The van der Waals surface area contributed by atoms with Crippen LogP contribution in [0.15, 0.2) is 11.6 Å². The summed E-state index contributed by atoms with van der Waals surface area (Å²) in [6.07, 6.45) is 3.56. The topological polar surface area (TPSA) is 58.6 Å². The van der Waals surface area contributed by atoms with Crippen LogP contribution < -0.4 is 5.32 Å². The zero-order valence-corrected chi connectivity index (χ0v) is 15.0. The van der Waals surface area contributed by atoms with Crippen LogP contribution in [0.25, 0.3) is 0 Å². The van der Waals surface area contributed by atoms with Gasteiger partial charge in [0, 0.05) is 19.1 Å². The van der Waals surface area contributed by atoms with E-state index in [0.717, 1.165) is 12.8 Å². The van der Waals surface area contributed by atoms with Crippen LogP contribution in [0, 0.1) is 17.3 Å². The van der Waals surface area contributed by atoms with Crippen molar-refractivity contribution >= 4 is 12.0 Å². The SMILES string of the molecule is CCOC(=O)N1CCC(NC(=O)[C@@H]2[C@@H](C=C(C)C)C2(C)C)CC1. The fourth-order valence-corrected chi connectivity index (χ4v) is 3.56. The van der Waals surface area contributed by atoms with E-state index in [1.54, 1.807) is 4.90 Å². The molecule has 2 fully saturated rings. The Bertz CT molecular complexity index is 486. The van der Waals surface area contributed by atoms with Gasteiger partial charge in [0.15, 0.2) is 0 Å². The molecule has 0 aromatic carbocycles. The van der Waals surface area contributed by atoms with Gasteiger partial charge >= 0.3 is 6.09 Å². The van der Waals surface area contributed by atoms with Gasteiger partial charge in [-0.1, -0.05) is 25.5 Å². The molecule has 2 aliphatic rings. The Morgan fingerprint density at radius 2 is 1.87 bits per heavy atom. The molecule has 0 spiro atoms. The Hall–Kier alpha value is -1.52. The average molecular weight is 322 g/mol. The summed E-state index contributed by atoms with van der Waals surface area (Å²) < 4.78 is 5.02. The minimum atomic E-state index is -0.246. The number of piperidine rings is 1. The molecule has 5 nitrogen and oxygen atoms in total. The Labute approximate surface area is 139 Å². The maximum atomic E-state index is 12.6. The molecule has 1 saturated carbocycles. The highest BCUT2D eigenvalue weighted by Crippen LogP contribution is 2.59. The van der Waals surface area contributed by atoms with Crippen LogP contribution in [0.5, 0.6) is 0 Å². The van der Waals surface area contributed by atoms with Crippen LogP contribution in [0.4, 0.5) is 4.79 Å². The lowest BCUT2D eigenvalue weighted by atomic mass is 10.0. The first-order valence-corrected chi connectivity index (χ1v) is 8.64. The predicted octanol–water partition coefficient (Wildman–Crippen LogP) is 2.96. The number of amides is 2. The fraction of sp³-hybridized carbons (Fsp3) is 0.778. The maximum absolute atomic E-state index is 12.6. The Morgan fingerprint density at radius 1 is 1.26 bits per heavy atom. The van der Waals surface area contributed by atoms with Gasteiger partial charge < -0.3 is 15.0 Å². The minimum Gasteiger partial charge on any atom is -0.450 e. The first kappa shape index (κ1) is 17.8. The van der Waals surface area contributed by atoms with Crippen molar-refractivity contribution < 1.29 is 14.3 Å². The zero-order valence-electron chi connectivity index (χ0n) is 15.0. The van der Waals surface area contributed by atoms with E-state index in [4.69, 9.17) is 4.74 Å². The van der Waals surface area contributed by atoms with Gasteiger partial charge in [-0.2, -0.15) is 0 Å². The highest BCUT2D eigenvalue weighted by atomic mass is 16.6. The number of rotatable bonds is 4. The first-order chi connectivity index (χ1) is 10.8. The van der Waals surface area contributed by atoms with Crippen molar-refractivity contribution in [3.05, 3.63) is 11.6 Å². The molecule has 0 aromatic heterocycles. The van der Waals surface area contributed by atoms with Crippen molar-refractivity contribution in [2.45, 2.75) is 53.5 Å². The summed E-state index contributed by atoms with van der Waals surface area (Å²) in [6, 6.07) is 0.164. The van der Waals surface area contributed by atoms with E-state index >= 15 is 0 Å². The maximum Gasteiger partial charge on any atom is 0.409 e. The molecule has 23 heavy (non-hydrogen) atoms. The van der Waals surface area contributed by atoms with E-state index in [0.29, 0.717) is 25.6 Å². The van der Waals surface area contributed by atoms with Crippen LogP contribution in [-0.4, -0.2) is 42.6 Å².